The van der Waals surface area contributed by atoms with Crippen LogP contribution in [0.1, 0.15) is 24.2 Å². The summed E-state index contributed by atoms with van der Waals surface area (Å²) in [5, 5.41) is 9.75. The molecule has 0 saturated heterocycles. The molecule has 1 aromatic carbocycles. The molecule has 76 valence electrons. The van der Waals surface area contributed by atoms with E-state index >= 15 is 0 Å². The number of benzene rings is 1. The van der Waals surface area contributed by atoms with Crippen LogP contribution in [0.25, 0.3) is 0 Å². The molecular weight excluding hydrogens is 204 g/mol. The van der Waals surface area contributed by atoms with Gasteiger partial charge in [-0.1, -0.05) is 11.6 Å². The van der Waals surface area contributed by atoms with Crippen molar-refractivity contribution < 1.29 is 14.6 Å². The van der Waals surface area contributed by atoms with Gasteiger partial charge in [-0.3, -0.25) is 0 Å². The Bertz CT molecular complexity index is 347. The number of carbonyl (C=O) groups is 1. The third kappa shape index (κ3) is 2.64. The van der Waals surface area contributed by atoms with Crippen LogP contribution < -0.4 is 0 Å². The van der Waals surface area contributed by atoms with Crippen molar-refractivity contribution in [3.05, 3.63) is 28.8 Å². The van der Waals surface area contributed by atoms with Gasteiger partial charge in [-0.15, -0.1) is 0 Å². The lowest BCUT2D eigenvalue weighted by Gasteiger charge is -2.08. The number of phenolic OH excluding ortho intramolecular Hbond substituents is 1. The summed E-state index contributed by atoms with van der Waals surface area (Å²) in [6.45, 7) is 3.47. The van der Waals surface area contributed by atoms with E-state index in [0.717, 1.165) is 0 Å². The van der Waals surface area contributed by atoms with Gasteiger partial charge in [0.05, 0.1) is 6.10 Å². The van der Waals surface area contributed by atoms with Gasteiger partial charge in [-0.2, -0.15) is 0 Å². The summed E-state index contributed by atoms with van der Waals surface area (Å²) in [5.41, 5.74) is 0.0891. The molecule has 0 aliphatic heterocycles. The van der Waals surface area contributed by atoms with E-state index in [1.54, 1.807) is 13.8 Å². The number of hydrogen-bond donors (Lipinski definition) is 1. The maximum absolute atomic E-state index is 11.4. The van der Waals surface area contributed by atoms with E-state index in [-0.39, 0.29) is 17.4 Å². The van der Waals surface area contributed by atoms with Gasteiger partial charge < -0.3 is 9.84 Å². The average Bonchev–Trinajstić information content (AvgIpc) is 2.08. The zero-order valence-corrected chi connectivity index (χ0v) is 8.71. The Morgan fingerprint density at radius 2 is 2.14 bits per heavy atom. The van der Waals surface area contributed by atoms with Crippen molar-refractivity contribution in [2.24, 2.45) is 0 Å². The molecule has 0 unspecified atom stereocenters. The second-order valence-corrected chi connectivity index (χ2v) is 3.55. The molecule has 0 bridgehead atoms. The molecule has 14 heavy (non-hydrogen) atoms. The van der Waals surface area contributed by atoms with Crippen molar-refractivity contribution in [2.75, 3.05) is 0 Å². The first-order chi connectivity index (χ1) is 6.50. The van der Waals surface area contributed by atoms with Gasteiger partial charge in [0.1, 0.15) is 11.3 Å². The van der Waals surface area contributed by atoms with Crippen molar-refractivity contribution in [3.63, 3.8) is 0 Å². The van der Waals surface area contributed by atoms with Crippen LogP contribution in [0.15, 0.2) is 18.2 Å². The highest BCUT2D eigenvalue weighted by Crippen LogP contribution is 2.22. The maximum atomic E-state index is 11.4. The Morgan fingerprint density at radius 3 is 2.71 bits per heavy atom. The zero-order valence-electron chi connectivity index (χ0n) is 7.95. The van der Waals surface area contributed by atoms with Crippen molar-refractivity contribution in [3.8, 4) is 5.75 Å². The van der Waals surface area contributed by atoms with Crippen molar-refractivity contribution in [1.29, 1.82) is 0 Å². The minimum Gasteiger partial charge on any atom is -0.507 e. The van der Waals surface area contributed by atoms with Gasteiger partial charge in [0.15, 0.2) is 0 Å². The Kier molecular flexibility index (Phi) is 3.36. The number of carbonyl (C=O) groups excluding carboxylic acids is 1. The molecule has 1 rings (SSSR count). The monoisotopic (exact) mass is 214 g/mol. The maximum Gasteiger partial charge on any atom is 0.342 e. The molecule has 0 spiro atoms. The first-order valence-corrected chi connectivity index (χ1v) is 4.58. The highest BCUT2D eigenvalue weighted by Gasteiger charge is 2.14. The standard InChI is InChI=1S/C10H11ClO3/c1-6(2)14-10(13)8-5-7(11)3-4-9(8)12/h3-6,12H,1-2H3. The number of halogens is 1. The molecule has 0 fully saturated rings. The number of rotatable bonds is 2. The predicted molar refractivity (Wildman–Crippen MR) is 53.7 cm³/mol. The van der Waals surface area contributed by atoms with Gasteiger partial charge in [0, 0.05) is 5.02 Å². The SMILES string of the molecule is CC(C)OC(=O)c1cc(Cl)ccc1O. The van der Waals surface area contributed by atoms with Crippen LogP contribution in [0.4, 0.5) is 0 Å². The average molecular weight is 215 g/mol. The van der Waals surface area contributed by atoms with Gasteiger partial charge in [-0.05, 0) is 32.0 Å². The molecule has 4 heteroatoms. The molecule has 0 aliphatic rings. The third-order valence-electron chi connectivity index (χ3n) is 1.52. The van der Waals surface area contributed by atoms with E-state index in [1.807, 2.05) is 0 Å². The normalized spacial score (nSPS) is 10.3. The van der Waals surface area contributed by atoms with Crippen LogP contribution in [0.2, 0.25) is 5.02 Å². The first kappa shape index (κ1) is 10.9. The van der Waals surface area contributed by atoms with Crippen LogP contribution >= 0.6 is 11.6 Å². The van der Waals surface area contributed by atoms with Crippen LogP contribution in [-0.2, 0) is 4.74 Å². The molecule has 1 N–H and O–H groups in total. The minimum atomic E-state index is -0.569. The van der Waals surface area contributed by atoms with E-state index in [9.17, 15) is 9.90 Å². The molecule has 0 heterocycles. The van der Waals surface area contributed by atoms with Crippen LogP contribution in [0.3, 0.4) is 0 Å². The van der Waals surface area contributed by atoms with Gasteiger partial charge in [-0.25, -0.2) is 4.79 Å². The molecule has 0 aliphatic carbocycles. The molecule has 0 radical (unpaired) electrons. The number of aromatic hydroxyl groups is 1. The summed E-state index contributed by atoms with van der Waals surface area (Å²) in [5.74, 6) is -0.694. The lowest BCUT2D eigenvalue weighted by atomic mass is 10.2. The first-order valence-electron chi connectivity index (χ1n) is 4.20. The highest BCUT2D eigenvalue weighted by atomic mass is 35.5. The third-order valence-corrected chi connectivity index (χ3v) is 1.76. The Morgan fingerprint density at radius 1 is 1.50 bits per heavy atom. The van der Waals surface area contributed by atoms with Crippen LogP contribution in [0.5, 0.6) is 5.75 Å². The molecule has 0 atom stereocenters. The zero-order chi connectivity index (χ0) is 10.7. The van der Waals surface area contributed by atoms with E-state index in [1.165, 1.54) is 18.2 Å². The van der Waals surface area contributed by atoms with Gasteiger partial charge in [0.2, 0.25) is 0 Å². The predicted octanol–water partition coefficient (Wildman–Crippen LogP) is 2.61. The summed E-state index contributed by atoms with van der Waals surface area (Å²) < 4.78 is 4.91. The summed E-state index contributed by atoms with van der Waals surface area (Å²) in [4.78, 5) is 11.4. The van der Waals surface area contributed by atoms with Crippen molar-refractivity contribution in [1.82, 2.24) is 0 Å². The van der Waals surface area contributed by atoms with Crippen molar-refractivity contribution in [2.45, 2.75) is 20.0 Å². The van der Waals surface area contributed by atoms with E-state index in [0.29, 0.717) is 5.02 Å². The van der Waals surface area contributed by atoms with E-state index in [2.05, 4.69) is 0 Å². The number of ether oxygens (including phenoxy) is 1. The van der Waals surface area contributed by atoms with Gasteiger partial charge >= 0.3 is 5.97 Å². The molecule has 0 saturated carbocycles. The summed E-state index contributed by atoms with van der Waals surface area (Å²) in [7, 11) is 0. The van der Waals surface area contributed by atoms with E-state index < -0.39 is 5.97 Å². The Labute approximate surface area is 87.3 Å². The molecule has 0 amide bonds. The topological polar surface area (TPSA) is 46.5 Å². The Balaban J connectivity index is 2.94. The number of hydrogen-bond acceptors (Lipinski definition) is 3. The Hall–Kier alpha value is -1.22. The quantitative estimate of drug-likeness (QED) is 0.770. The molecule has 3 nitrogen and oxygen atoms in total. The summed E-state index contributed by atoms with van der Waals surface area (Å²) in [6, 6.07) is 4.24. The molecule has 0 aromatic heterocycles. The fraction of sp³-hybridized carbons (Fsp3) is 0.300. The summed E-state index contributed by atoms with van der Waals surface area (Å²) >= 11 is 5.68. The second kappa shape index (κ2) is 4.33. The lowest BCUT2D eigenvalue weighted by Crippen LogP contribution is -2.11. The number of phenols is 1. The largest absolute Gasteiger partial charge is 0.507 e. The van der Waals surface area contributed by atoms with Crippen LogP contribution in [-0.4, -0.2) is 17.2 Å². The molecular formula is C10H11ClO3. The highest BCUT2D eigenvalue weighted by molar-refractivity contribution is 6.31. The fourth-order valence-corrected chi connectivity index (χ4v) is 1.12. The van der Waals surface area contributed by atoms with E-state index in [4.69, 9.17) is 16.3 Å². The molecule has 1 aromatic rings. The van der Waals surface area contributed by atoms with Crippen LogP contribution in [0, 0.1) is 0 Å². The smallest absolute Gasteiger partial charge is 0.342 e. The lowest BCUT2D eigenvalue weighted by molar-refractivity contribution is 0.0375. The van der Waals surface area contributed by atoms with Crippen molar-refractivity contribution >= 4 is 17.6 Å². The van der Waals surface area contributed by atoms with Gasteiger partial charge in [0.25, 0.3) is 0 Å². The fourth-order valence-electron chi connectivity index (χ4n) is 0.949. The summed E-state index contributed by atoms with van der Waals surface area (Å²) in [6.07, 6.45) is -0.221. The second-order valence-electron chi connectivity index (χ2n) is 3.12. The number of esters is 1. The minimum absolute atomic E-state index is 0.0891.